The van der Waals surface area contributed by atoms with Crippen LogP contribution >= 0.6 is 22.6 Å². The lowest BCUT2D eigenvalue weighted by Gasteiger charge is -2.10. The zero-order chi connectivity index (χ0) is 15.2. The van der Waals surface area contributed by atoms with Gasteiger partial charge in [-0.25, -0.2) is 0 Å². The molecule has 0 unspecified atom stereocenters. The smallest absolute Gasteiger partial charge is 0.250 e. The first kappa shape index (κ1) is 15.3. The molecule has 2 aromatic carbocycles. The van der Waals surface area contributed by atoms with Crippen molar-refractivity contribution in [2.45, 2.75) is 0 Å². The summed E-state index contributed by atoms with van der Waals surface area (Å²) in [6.07, 6.45) is 0. The maximum Gasteiger partial charge on any atom is 0.250 e. The van der Waals surface area contributed by atoms with Gasteiger partial charge in [0, 0.05) is 14.9 Å². The van der Waals surface area contributed by atoms with Crippen LogP contribution in [0.1, 0.15) is 10.4 Å². The number of halogens is 1. The molecule has 2 rings (SSSR count). The van der Waals surface area contributed by atoms with Crippen LogP contribution in [0.15, 0.2) is 48.5 Å². The van der Waals surface area contributed by atoms with Crippen molar-refractivity contribution in [3.8, 4) is 0 Å². The fraction of sp³-hybridized carbons (Fsp3) is 0.0667. The first-order valence-electron chi connectivity index (χ1n) is 6.24. The zero-order valence-corrected chi connectivity index (χ0v) is 13.3. The van der Waals surface area contributed by atoms with Gasteiger partial charge >= 0.3 is 0 Å². The van der Waals surface area contributed by atoms with E-state index in [-0.39, 0.29) is 12.5 Å². The Morgan fingerprint density at radius 3 is 2.38 bits per heavy atom. The van der Waals surface area contributed by atoms with Crippen LogP contribution in [0.25, 0.3) is 0 Å². The molecule has 0 atom stereocenters. The molecule has 6 heteroatoms. The highest BCUT2D eigenvalue weighted by Crippen LogP contribution is 2.14. The van der Waals surface area contributed by atoms with Gasteiger partial charge in [0.15, 0.2) is 0 Å². The quantitative estimate of drug-likeness (QED) is 0.680. The predicted octanol–water partition coefficient (Wildman–Crippen LogP) is 2.44. The van der Waals surface area contributed by atoms with E-state index >= 15 is 0 Å². The fourth-order valence-corrected chi connectivity index (χ4v) is 2.13. The first-order chi connectivity index (χ1) is 10.1. The number of benzene rings is 2. The van der Waals surface area contributed by atoms with Gasteiger partial charge in [-0.1, -0.05) is 12.1 Å². The summed E-state index contributed by atoms with van der Waals surface area (Å²) in [6, 6.07) is 14.3. The number of amides is 2. The largest absolute Gasteiger partial charge is 0.376 e. The summed E-state index contributed by atoms with van der Waals surface area (Å²) >= 11 is 2.20. The van der Waals surface area contributed by atoms with Crippen LogP contribution in [0.2, 0.25) is 0 Å². The van der Waals surface area contributed by atoms with E-state index in [1.54, 1.807) is 24.3 Å². The second-order valence-electron chi connectivity index (χ2n) is 4.32. The van der Waals surface area contributed by atoms with Crippen molar-refractivity contribution in [2.24, 2.45) is 5.73 Å². The highest BCUT2D eigenvalue weighted by molar-refractivity contribution is 14.1. The van der Waals surface area contributed by atoms with E-state index in [0.29, 0.717) is 11.3 Å². The second kappa shape index (κ2) is 7.07. The topological polar surface area (TPSA) is 84.2 Å². The van der Waals surface area contributed by atoms with E-state index in [9.17, 15) is 9.59 Å². The van der Waals surface area contributed by atoms with Gasteiger partial charge in [0.25, 0.3) is 5.91 Å². The Bertz CT molecular complexity index is 656. The van der Waals surface area contributed by atoms with Crippen LogP contribution in [-0.2, 0) is 4.79 Å². The van der Waals surface area contributed by atoms with Gasteiger partial charge in [-0.15, -0.1) is 0 Å². The van der Waals surface area contributed by atoms with E-state index in [1.807, 2.05) is 24.3 Å². The van der Waals surface area contributed by atoms with Crippen LogP contribution in [0.3, 0.4) is 0 Å². The molecule has 0 heterocycles. The molecule has 0 saturated carbocycles. The van der Waals surface area contributed by atoms with Gasteiger partial charge in [0.1, 0.15) is 0 Å². The number of nitrogens with one attached hydrogen (secondary N) is 2. The molecule has 2 aromatic rings. The number of carbonyl (C=O) groups is 2. The summed E-state index contributed by atoms with van der Waals surface area (Å²) < 4.78 is 1.10. The molecule has 0 fully saturated rings. The van der Waals surface area contributed by atoms with E-state index in [2.05, 4.69) is 33.2 Å². The molecule has 4 N–H and O–H groups in total. The van der Waals surface area contributed by atoms with Gasteiger partial charge in [0.05, 0.1) is 12.1 Å². The van der Waals surface area contributed by atoms with Crippen molar-refractivity contribution in [2.75, 3.05) is 17.2 Å². The molecule has 2 amide bonds. The van der Waals surface area contributed by atoms with E-state index < -0.39 is 5.91 Å². The summed E-state index contributed by atoms with van der Waals surface area (Å²) in [5.41, 5.74) is 6.91. The molecule has 0 bridgehead atoms. The average Bonchev–Trinajstić information content (AvgIpc) is 2.48. The summed E-state index contributed by atoms with van der Waals surface area (Å²) in [6.45, 7) is 0.0519. The Kier molecular flexibility index (Phi) is 5.15. The van der Waals surface area contributed by atoms with Crippen LogP contribution in [-0.4, -0.2) is 18.4 Å². The van der Waals surface area contributed by atoms with Crippen LogP contribution in [0, 0.1) is 3.57 Å². The minimum atomic E-state index is -0.531. The van der Waals surface area contributed by atoms with Gasteiger partial charge in [-0.05, 0) is 59.0 Å². The number of rotatable bonds is 5. The number of primary amides is 1. The normalized spacial score (nSPS) is 9.95. The fourth-order valence-electron chi connectivity index (χ4n) is 1.77. The van der Waals surface area contributed by atoms with Gasteiger partial charge in [0.2, 0.25) is 5.91 Å². The Hall–Kier alpha value is -2.09. The summed E-state index contributed by atoms with van der Waals surface area (Å²) in [5, 5.41) is 5.68. The third-order valence-corrected chi connectivity index (χ3v) is 3.48. The highest BCUT2D eigenvalue weighted by Gasteiger charge is 2.08. The molecule has 108 valence electrons. The molecule has 0 radical (unpaired) electrons. The summed E-state index contributed by atoms with van der Waals surface area (Å²) in [4.78, 5) is 23.1. The zero-order valence-electron chi connectivity index (χ0n) is 11.1. The second-order valence-corrected chi connectivity index (χ2v) is 5.56. The van der Waals surface area contributed by atoms with Crippen LogP contribution < -0.4 is 16.4 Å². The van der Waals surface area contributed by atoms with E-state index in [1.165, 1.54) is 0 Å². The number of hydrogen-bond acceptors (Lipinski definition) is 3. The summed E-state index contributed by atoms with van der Waals surface area (Å²) in [7, 11) is 0. The summed E-state index contributed by atoms with van der Waals surface area (Å²) in [5.74, 6) is -0.730. The molecule has 0 spiro atoms. The minimum absolute atomic E-state index is 0.0519. The Morgan fingerprint density at radius 2 is 1.71 bits per heavy atom. The molecule has 5 nitrogen and oxygen atoms in total. The minimum Gasteiger partial charge on any atom is -0.376 e. The lowest BCUT2D eigenvalue weighted by Crippen LogP contribution is -2.23. The van der Waals surface area contributed by atoms with E-state index in [4.69, 9.17) is 5.73 Å². The molecule has 0 aromatic heterocycles. The maximum atomic E-state index is 11.9. The third kappa shape index (κ3) is 4.45. The highest BCUT2D eigenvalue weighted by atomic mass is 127. The lowest BCUT2D eigenvalue weighted by molar-refractivity contribution is -0.114. The van der Waals surface area contributed by atoms with Gasteiger partial charge in [-0.3, -0.25) is 9.59 Å². The number of hydrogen-bond donors (Lipinski definition) is 3. The third-order valence-electron chi connectivity index (χ3n) is 2.76. The molecule has 0 aliphatic carbocycles. The van der Waals surface area contributed by atoms with Crippen molar-refractivity contribution < 1.29 is 9.59 Å². The number of para-hydroxylation sites is 1. The lowest BCUT2D eigenvalue weighted by atomic mass is 10.1. The Morgan fingerprint density at radius 1 is 1.05 bits per heavy atom. The predicted molar refractivity (Wildman–Crippen MR) is 91.2 cm³/mol. The number of carbonyl (C=O) groups excluding carboxylic acids is 2. The van der Waals surface area contributed by atoms with Crippen molar-refractivity contribution in [3.63, 3.8) is 0 Å². The monoisotopic (exact) mass is 395 g/mol. The van der Waals surface area contributed by atoms with Crippen molar-refractivity contribution >= 4 is 45.8 Å². The van der Waals surface area contributed by atoms with Crippen molar-refractivity contribution in [3.05, 3.63) is 57.7 Å². The first-order valence-corrected chi connectivity index (χ1v) is 7.32. The average molecular weight is 395 g/mol. The molecule has 0 saturated heterocycles. The van der Waals surface area contributed by atoms with E-state index in [0.717, 1.165) is 9.26 Å². The molecule has 0 aliphatic heterocycles. The van der Waals surface area contributed by atoms with Crippen molar-refractivity contribution in [1.82, 2.24) is 0 Å². The molecular weight excluding hydrogens is 381 g/mol. The molecule has 0 aliphatic rings. The van der Waals surface area contributed by atoms with Gasteiger partial charge in [-0.2, -0.15) is 0 Å². The standard InChI is InChI=1S/C15H14IN3O2/c16-10-5-7-11(8-6-10)19-14(20)9-18-13-4-2-1-3-12(13)15(17)21/h1-8,18H,9H2,(H2,17,21)(H,19,20). The number of anilines is 2. The Balaban J connectivity index is 1.95. The number of nitrogens with two attached hydrogens (primary N) is 1. The van der Waals surface area contributed by atoms with Gasteiger partial charge < -0.3 is 16.4 Å². The van der Waals surface area contributed by atoms with Crippen LogP contribution in [0.4, 0.5) is 11.4 Å². The maximum absolute atomic E-state index is 11.9. The molecule has 21 heavy (non-hydrogen) atoms. The van der Waals surface area contributed by atoms with Crippen molar-refractivity contribution in [1.29, 1.82) is 0 Å². The van der Waals surface area contributed by atoms with Crippen LogP contribution in [0.5, 0.6) is 0 Å². The Labute approximate surface area is 136 Å². The SMILES string of the molecule is NC(=O)c1ccccc1NCC(=O)Nc1ccc(I)cc1. The molecular formula is C15H14IN3O2.